The molecule has 0 amide bonds. The quantitative estimate of drug-likeness (QED) is 0.485. The third-order valence-corrected chi connectivity index (χ3v) is 3.10. The van der Waals surface area contributed by atoms with Crippen LogP contribution >= 0.6 is 0 Å². The van der Waals surface area contributed by atoms with Gasteiger partial charge >= 0.3 is 12.3 Å². The van der Waals surface area contributed by atoms with Crippen molar-refractivity contribution in [2.45, 2.75) is 0 Å². The predicted octanol–water partition coefficient (Wildman–Crippen LogP) is 5.47. The van der Waals surface area contributed by atoms with E-state index >= 15 is 0 Å². The van der Waals surface area contributed by atoms with Crippen molar-refractivity contribution in [1.29, 1.82) is 0 Å². The standard InChI is InChI=1S/C18H14.2CH2O3/c1-3-7-15(8-4-1)17-11-13-18(14-12-17)16-9-5-2-6-10-16;2*2-1(3)4/h1-14H;2*(H2,2,3,4). The number of rotatable bonds is 2. The fourth-order valence-corrected chi connectivity index (χ4v) is 2.12. The minimum atomic E-state index is -1.83. The molecule has 0 aliphatic heterocycles. The van der Waals surface area contributed by atoms with Crippen molar-refractivity contribution in [2.24, 2.45) is 0 Å². The molecule has 3 aromatic carbocycles. The van der Waals surface area contributed by atoms with E-state index in [1.165, 1.54) is 22.3 Å². The largest absolute Gasteiger partial charge is 0.503 e. The summed E-state index contributed by atoms with van der Waals surface area (Å²) in [7, 11) is 0. The molecule has 0 saturated heterocycles. The molecule has 0 atom stereocenters. The molecule has 3 rings (SSSR count). The first kappa shape index (κ1) is 20.2. The summed E-state index contributed by atoms with van der Waals surface area (Å²) in [6, 6.07) is 29.6. The summed E-state index contributed by atoms with van der Waals surface area (Å²) in [5, 5.41) is 27.9. The Hall–Kier alpha value is -3.80. The number of carbonyl (C=O) groups is 2. The zero-order chi connectivity index (χ0) is 19.4. The van der Waals surface area contributed by atoms with E-state index in [1.54, 1.807) is 0 Å². The monoisotopic (exact) mass is 354 g/mol. The summed E-state index contributed by atoms with van der Waals surface area (Å²) in [5.74, 6) is 0. The predicted molar refractivity (Wildman–Crippen MR) is 98.6 cm³/mol. The lowest BCUT2D eigenvalue weighted by molar-refractivity contribution is 0.135. The van der Waals surface area contributed by atoms with Crippen LogP contribution in [0.5, 0.6) is 0 Å². The van der Waals surface area contributed by atoms with Crippen molar-refractivity contribution in [2.75, 3.05) is 0 Å². The molecule has 6 heteroatoms. The van der Waals surface area contributed by atoms with E-state index in [9.17, 15) is 0 Å². The van der Waals surface area contributed by atoms with Gasteiger partial charge in [0.25, 0.3) is 0 Å². The summed E-state index contributed by atoms with van der Waals surface area (Å²) >= 11 is 0. The summed E-state index contributed by atoms with van der Waals surface area (Å²) < 4.78 is 0. The Balaban J connectivity index is 0.000000360. The zero-order valence-corrected chi connectivity index (χ0v) is 13.7. The molecule has 0 aliphatic rings. The van der Waals surface area contributed by atoms with Crippen molar-refractivity contribution >= 4 is 12.3 Å². The molecule has 134 valence electrons. The van der Waals surface area contributed by atoms with E-state index in [0.29, 0.717) is 0 Å². The smallest absolute Gasteiger partial charge is 0.450 e. The third-order valence-electron chi connectivity index (χ3n) is 3.10. The first-order valence-electron chi connectivity index (χ1n) is 7.45. The molecule has 4 N–H and O–H groups in total. The van der Waals surface area contributed by atoms with Gasteiger partial charge in [0.2, 0.25) is 0 Å². The molecular formula is C20H18O6. The van der Waals surface area contributed by atoms with Crippen molar-refractivity contribution in [3.05, 3.63) is 84.9 Å². The van der Waals surface area contributed by atoms with Crippen LogP contribution in [-0.2, 0) is 0 Å². The summed E-state index contributed by atoms with van der Waals surface area (Å²) in [5.41, 5.74) is 5.04. The average molecular weight is 354 g/mol. The van der Waals surface area contributed by atoms with Crippen LogP contribution < -0.4 is 0 Å². The normalized spacial score (nSPS) is 8.92. The van der Waals surface area contributed by atoms with Crippen molar-refractivity contribution < 1.29 is 30.0 Å². The lowest BCUT2D eigenvalue weighted by atomic mass is 10.0. The van der Waals surface area contributed by atoms with Crippen molar-refractivity contribution in [3.8, 4) is 22.3 Å². The molecule has 0 spiro atoms. The number of carboxylic acid groups (broad SMARTS) is 4. The Morgan fingerprint density at radius 2 is 0.615 bits per heavy atom. The van der Waals surface area contributed by atoms with Crippen LogP contribution in [0.25, 0.3) is 22.3 Å². The highest BCUT2D eigenvalue weighted by molar-refractivity contribution is 5.70. The van der Waals surface area contributed by atoms with E-state index < -0.39 is 12.3 Å². The van der Waals surface area contributed by atoms with E-state index in [-0.39, 0.29) is 0 Å². The van der Waals surface area contributed by atoms with Crippen molar-refractivity contribution in [1.82, 2.24) is 0 Å². The molecule has 3 aromatic rings. The lowest BCUT2D eigenvalue weighted by Crippen LogP contribution is -1.81. The van der Waals surface area contributed by atoms with Crippen LogP contribution in [-0.4, -0.2) is 32.7 Å². The van der Waals surface area contributed by atoms with Crippen molar-refractivity contribution in [3.63, 3.8) is 0 Å². The summed E-state index contributed by atoms with van der Waals surface area (Å²) in [6.45, 7) is 0. The Bertz CT molecular complexity index is 720. The molecule has 0 heterocycles. The molecule has 0 aliphatic carbocycles. The van der Waals surface area contributed by atoms with Gasteiger partial charge in [-0.25, -0.2) is 9.59 Å². The second-order valence-corrected chi connectivity index (χ2v) is 4.87. The second kappa shape index (κ2) is 10.9. The number of hydrogen-bond acceptors (Lipinski definition) is 2. The Morgan fingerprint density at radius 3 is 0.846 bits per heavy atom. The third kappa shape index (κ3) is 8.16. The zero-order valence-electron chi connectivity index (χ0n) is 13.7. The van der Waals surface area contributed by atoms with Crippen LogP contribution in [0.3, 0.4) is 0 Å². The Kier molecular flexibility index (Phi) is 8.47. The molecule has 0 radical (unpaired) electrons. The molecule has 0 fully saturated rings. The molecular weight excluding hydrogens is 336 g/mol. The van der Waals surface area contributed by atoms with Crippen LogP contribution in [0, 0.1) is 0 Å². The summed E-state index contributed by atoms with van der Waals surface area (Å²) in [6.07, 6.45) is -3.67. The molecule has 0 unspecified atom stereocenters. The lowest BCUT2D eigenvalue weighted by Gasteiger charge is -2.04. The van der Waals surface area contributed by atoms with Gasteiger partial charge in [-0.3, -0.25) is 0 Å². The SMILES string of the molecule is O=C(O)O.O=C(O)O.c1ccc(-c2ccc(-c3ccccc3)cc2)cc1. The summed E-state index contributed by atoms with van der Waals surface area (Å²) in [4.78, 5) is 17.1. The topological polar surface area (TPSA) is 115 Å². The van der Waals surface area contributed by atoms with E-state index in [1.807, 2.05) is 12.1 Å². The highest BCUT2D eigenvalue weighted by Gasteiger charge is 1.98. The average Bonchev–Trinajstić information content (AvgIpc) is 2.62. The molecule has 26 heavy (non-hydrogen) atoms. The molecule has 0 aromatic heterocycles. The minimum absolute atomic E-state index is 1.26. The van der Waals surface area contributed by atoms with E-state index in [4.69, 9.17) is 30.0 Å². The van der Waals surface area contributed by atoms with Gasteiger partial charge in [-0.05, 0) is 22.3 Å². The van der Waals surface area contributed by atoms with Crippen LogP contribution in [0.2, 0.25) is 0 Å². The molecule has 0 bridgehead atoms. The highest BCUT2D eigenvalue weighted by atomic mass is 16.6. The highest BCUT2D eigenvalue weighted by Crippen LogP contribution is 2.24. The first-order chi connectivity index (χ1) is 12.4. The van der Waals surface area contributed by atoms with Gasteiger partial charge in [-0.15, -0.1) is 0 Å². The van der Waals surface area contributed by atoms with Gasteiger partial charge in [0.15, 0.2) is 0 Å². The van der Waals surface area contributed by atoms with Crippen LogP contribution in [0.15, 0.2) is 84.9 Å². The van der Waals surface area contributed by atoms with Gasteiger partial charge in [0, 0.05) is 0 Å². The van der Waals surface area contributed by atoms with Gasteiger partial charge < -0.3 is 20.4 Å². The van der Waals surface area contributed by atoms with Gasteiger partial charge in [0.1, 0.15) is 0 Å². The minimum Gasteiger partial charge on any atom is -0.450 e. The Morgan fingerprint density at radius 1 is 0.423 bits per heavy atom. The number of benzene rings is 3. The van der Waals surface area contributed by atoms with E-state index in [2.05, 4.69) is 72.8 Å². The first-order valence-corrected chi connectivity index (χ1v) is 7.45. The fraction of sp³-hybridized carbons (Fsp3) is 0. The molecule has 0 saturated carbocycles. The number of hydrogen-bond donors (Lipinski definition) is 4. The van der Waals surface area contributed by atoms with Gasteiger partial charge in [0.05, 0.1) is 0 Å². The molecule has 6 nitrogen and oxygen atoms in total. The maximum atomic E-state index is 8.56. The van der Waals surface area contributed by atoms with E-state index in [0.717, 1.165) is 0 Å². The van der Waals surface area contributed by atoms with Gasteiger partial charge in [-0.1, -0.05) is 84.9 Å². The van der Waals surface area contributed by atoms with Gasteiger partial charge in [-0.2, -0.15) is 0 Å². The fourth-order valence-electron chi connectivity index (χ4n) is 2.12. The maximum Gasteiger partial charge on any atom is 0.503 e. The van der Waals surface area contributed by atoms with Crippen LogP contribution in [0.4, 0.5) is 9.59 Å². The van der Waals surface area contributed by atoms with Crippen LogP contribution in [0.1, 0.15) is 0 Å². The maximum absolute atomic E-state index is 8.56. The second-order valence-electron chi connectivity index (χ2n) is 4.87. The Labute approximate surface area is 150 Å².